The number of rotatable bonds is 0. The lowest BCUT2D eigenvalue weighted by molar-refractivity contribution is 1.05. The van der Waals surface area contributed by atoms with Crippen molar-refractivity contribution >= 4 is 31.6 Å². The Labute approximate surface area is 84.4 Å². The summed E-state index contributed by atoms with van der Waals surface area (Å²) < 4.78 is 1.15. The van der Waals surface area contributed by atoms with Crippen LogP contribution in [0.15, 0.2) is 24.7 Å². The third-order valence-corrected chi connectivity index (χ3v) is 3.24. The van der Waals surface area contributed by atoms with Crippen LogP contribution in [-0.2, 0) is 0 Å². The Bertz CT molecular complexity index is 615. The van der Waals surface area contributed by atoms with Crippen molar-refractivity contribution in [1.82, 2.24) is 15.2 Å². The molecule has 68 valence electrons. The maximum absolute atomic E-state index is 4.38. The molecule has 0 aromatic carbocycles. The van der Waals surface area contributed by atoms with Gasteiger partial charge >= 0.3 is 0 Å². The summed E-state index contributed by atoms with van der Waals surface area (Å²) >= 11 is 1.66. The molecule has 4 heteroatoms. The highest BCUT2D eigenvalue weighted by Gasteiger charge is 2.05. The largest absolute Gasteiger partial charge is 0.245 e. The summed E-state index contributed by atoms with van der Waals surface area (Å²) in [5.41, 5.74) is 1.18. The van der Waals surface area contributed by atoms with Crippen LogP contribution in [0.4, 0.5) is 0 Å². The van der Waals surface area contributed by atoms with Gasteiger partial charge in [-0.3, -0.25) is 0 Å². The van der Waals surface area contributed by atoms with Crippen molar-refractivity contribution in [3.8, 4) is 0 Å². The Balaban J connectivity index is 2.58. The quantitative estimate of drug-likeness (QED) is 0.561. The van der Waals surface area contributed by atoms with Gasteiger partial charge in [0.2, 0.25) is 0 Å². The van der Waals surface area contributed by atoms with Crippen molar-refractivity contribution in [3.63, 3.8) is 0 Å². The van der Waals surface area contributed by atoms with Gasteiger partial charge in [0.05, 0.1) is 17.1 Å². The second-order valence-electron chi connectivity index (χ2n) is 3.23. The van der Waals surface area contributed by atoms with Crippen LogP contribution in [0.5, 0.6) is 0 Å². The van der Waals surface area contributed by atoms with E-state index in [4.69, 9.17) is 0 Å². The molecule has 3 nitrogen and oxygen atoms in total. The standard InChI is InChI=1S/C10H7N3S/c1-6-2-7-8-4-12-13-5-9(8)14-10(7)11-3-6/h2-5H,1H3. The van der Waals surface area contributed by atoms with E-state index in [0.29, 0.717) is 0 Å². The molecule has 0 N–H and O–H groups in total. The zero-order valence-electron chi connectivity index (χ0n) is 7.56. The number of nitrogens with zero attached hydrogens (tertiary/aromatic N) is 3. The number of hydrogen-bond acceptors (Lipinski definition) is 4. The molecular weight excluding hydrogens is 194 g/mol. The summed E-state index contributed by atoms with van der Waals surface area (Å²) in [7, 11) is 0. The molecule has 3 aromatic rings. The fourth-order valence-corrected chi connectivity index (χ4v) is 2.49. The highest BCUT2D eigenvalue weighted by molar-refractivity contribution is 7.25. The molecule has 0 saturated heterocycles. The van der Waals surface area contributed by atoms with Gasteiger partial charge in [0, 0.05) is 17.0 Å². The van der Waals surface area contributed by atoms with Crippen LogP contribution in [0.1, 0.15) is 5.56 Å². The number of fused-ring (bicyclic) bond motifs is 3. The molecule has 3 heterocycles. The van der Waals surface area contributed by atoms with Crippen LogP contribution in [0, 0.1) is 6.92 Å². The minimum absolute atomic E-state index is 1.06. The fraction of sp³-hybridized carbons (Fsp3) is 0.100. The molecule has 0 aliphatic heterocycles. The number of pyridine rings is 1. The first-order valence-corrected chi connectivity index (χ1v) is 5.12. The van der Waals surface area contributed by atoms with Crippen molar-refractivity contribution in [2.45, 2.75) is 6.92 Å². The highest BCUT2D eigenvalue weighted by atomic mass is 32.1. The Morgan fingerprint density at radius 1 is 1.07 bits per heavy atom. The van der Waals surface area contributed by atoms with E-state index in [1.807, 2.05) is 13.1 Å². The van der Waals surface area contributed by atoms with Crippen molar-refractivity contribution in [1.29, 1.82) is 0 Å². The van der Waals surface area contributed by atoms with Crippen LogP contribution in [-0.4, -0.2) is 15.2 Å². The maximum Gasteiger partial charge on any atom is 0.124 e. The first-order valence-electron chi connectivity index (χ1n) is 4.30. The monoisotopic (exact) mass is 201 g/mol. The zero-order valence-corrected chi connectivity index (χ0v) is 8.38. The zero-order chi connectivity index (χ0) is 9.54. The smallest absolute Gasteiger partial charge is 0.124 e. The van der Waals surface area contributed by atoms with Gasteiger partial charge in [0.25, 0.3) is 0 Å². The van der Waals surface area contributed by atoms with Gasteiger partial charge in [-0.2, -0.15) is 10.2 Å². The van der Waals surface area contributed by atoms with Crippen molar-refractivity contribution in [2.75, 3.05) is 0 Å². The summed E-state index contributed by atoms with van der Waals surface area (Å²) in [6.45, 7) is 2.05. The summed E-state index contributed by atoms with van der Waals surface area (Å²) in [5, 5.41) is 10.1. The molecule has 3 aromatic heterocycles. The van der Waals surface area contributed by atoms with Gasteiger partial charge < -0.3 is 0 Å². The van der Waals surface area contributed by atoms with Crippen molar-refractivity contribution in [3.05, 3.63) is 30.2 Å². The summed E-state index contributed by atoms with van der Waals surface area (Å²) in [6, 6.07) is 2.14. The summed E-state index contributed by atoms with van der Waals surface area (Å²) in [6.07, 6.45) is 5.48. The molecule has 0 saturated carbocycles. The number of aromatic nitrogens is 3. The molecular formula is C10H7N3S. The second kappa shape index (κ2) is 2.72. The van der Waals surface area contributed by atoms with E-state index in [0.717, 1.165) is 14.9 Å². The van der Waals surface area contributed by atoms with E-state index in [1.165, 1.54) is 10.9 Å². The summed E-state index contributed by atoms with van der Waals surface area (Å²) in [5.74, 6) is 0. The van der Waals surface area contributed by atoms with Crippen molar-refractivity contribution < 1.29 is 0 Å². The predicted molar refractivity (Wildman–Crippen MR) is 57.5 cm³/mol. The second-order valence-corrected chi connectivity index (χ2v) is 4.27. The average Bonchev–Trinajstić information content (AvgIpc) is 2.56. The van der Waals surface area contributed by atoms with E-state index in [-0.39, 0.29) is 0 Å². The van der Waals surface area contributed by atoms with E-state index in [1.54, 1.807) is 23.7 Å². The molecule has 0 unspecified atom stereocenters. The normalized spacial score (nSPS) is 11.2. The first-order chi connectivity index (χ1) is 6.84. The molecule has 0 fully saturated rings. The van der Waals surface area contributed by atoms with Crippen LogP contribution < -0.4 is 0 Å². The van der Waals surface area contributed by atoms with E-state index in [2.05, 4.69) is 21.2 Å². The van der Waals surface area contributed by atoms with Gasteiger partial charge in [-0.1, -0.05) is 0 Å². The van der Waals surface area contributed by atoms with Crippen LogP contribution in [0.3, 0.4) is 0 Å². The lowest BCUT2D eigenvalue weighted by Gasteiger charge is -1.91. The Morgan fingerprint density at radius 3 is 2.86 bits per heavy atom. The molecule has 14 heavy (non-hydrogen) atoms. The fourth-order valence-electron chi connectivity index (χ4n) is 1.53. The minimum Gasteiger partial charge on any atom is -0.245 e. The topological polar surface area (TPSA) is 38.7 Å². The average molecular weight is 201 g/mol. The number of aryl methyl sites for hydroxylation is 1. The van der Waals surface area contributed by atoms with E-state index >= 15 is 0 Å². The maximum atomic E-state index is 4.38. The van der Waals surface area contributed by atoms with Crippen molar-refractivity contribution in [2.24, 2.45) is 0 Å². The third-order valence-electron chi connectivity index (χ3n) is 2.18. The number of thiophene rings is 1. The molecule has 0 radical (unpaired) electrons. The van der Waals surface area contributed by atoms with E-state index < -0.39 is 0 Å². The Hall–Kier alpha value is -1.55. The molecule has 0 atom stereocenters. The van der Waals surface area contributed by atoms with Gasteiger partial charge in [0.1, 0.15) is 4.83 Å². The van der Waals surface area contributed by atoms with Crippen LogP contribution in [0.2, 0.25) is 0 Å². The predicted octanol–water partition coefficient (Wildman–Crippen LogP) is 2.55. The van der Waals surface area contributed by atoms with Gasteiger partial charge in [-0.05, 0) is 18.6 Å². The molecule has 0 aliphatic rings. The van der Waals surface area contributed by atoms with Gasteiger partial charge in [0.15, 0.2) is 0 Å². The van der Waals surface area contributed by atoms with Gasteiger partial charge in [-0.25, -0.2) is 4.98 Å². The lowest BCUT2D eigenvalue weighted by atomic mass is 10.2. The minimum atomic E-state index is 1.06. The third kappa shape index (κ3) is 1.01. The molecule has 0 aliphatic carbocycles. The molecule has 0 spiro atoms. The van der Waals surface area contributed by atoms with E-state index in [9.17, 15) is 0 Å². The number of hydrogen-bond donors (Lipinski definition) is 0. The summed E-state index contributed by atoms with van der Waals surface area (Å²) in [4.78, 5) is 5.44. The highest BCUT2D eigenvalue weighted by Crippen LogP contribution is 2.31. The molecule has 3 rings (SSSR count). The molecule has 0 bridgehead atoms. The SMILES string of the molecule is Cc1cnc2sc3cnncc3c2c1. The Kier molecular flexibility index (Phi) is 1.52. The van der Waals surface area contributed by atoms with Crippen LogP contribution in [0.25, 0.3) is 20.3 Å². The molecule has 0 amide bonds. The lowest BCUT2D eigenvalue weighted by Crippen LogP contribution is -1.77. The van der Waals surface area contributed by atoms with Gasteiger partial charge in [-0.15, -0.1) is 11.3 Å². The Morgan fingerprint density at radius 2 is 1.93 bits per heavy atom. The first kappa shape index (κ1) is 7.82. The van der Waals surface area contributed by atoms with Crippen LogP contribution >= 0.6 is 11.3 Å².